The highest BCUT2D eigenvalue weighted by Crippen LogP contribution is 2.29. The van der Waals surface area contributed by atoms with Crippen molar-refractivity contribution in [3.05, 3.63) is 121 Å². The minimum atomic E-state index is 1.00. The highest BCUT2D eigenvalue weighted by molar-refractivity contribution is 5.75. The van der Waals surface area contributed by atoms with Crippen molar-refractivity contribution in [3.8, 4) is 33.5 Å². The maximum atomic E-state index is 4.62. The molecule has 0 saturated carbocycles. The Morgan fingerprint density at radius 1 is 0.567 bits per heavy atom. The van der Waals surface area contributed by atoms with Crippen LogP contribution in [0.2, 0.25) is 0 Å². The monoisotopic (exact) mass is 385 g/mol. The zero-order valence-electron chi connectivity index (χ0n) is 16.8. The van der Waals surface area contributed by atoms with Gasteiger partial charge in [-0.05, 0) is 58.4 Å². The molecule has 0 aliphatic heterocycles. The maximum Gasteiger partial charge on any atom is 0.0708 e. The van der Waals surface area contributed by atoms with E-state index in [1.54, 1.807) is 0 Å². The molecule has 0 saturated heterocycles. The second-order valence-corrected chi connectivity index (χ2v) is 7.61. The van der Waals surface area contributed by atoms with Crippen LogP contribution in [0.3, 0.4) is 0 Å². The van der Waals surface area contributed by atoms with Crippen LogP contribution < -0.4 is 0 Å². The summed E-state index contributed by atoms with van der Waals surface area (Å²) in [5, 5.41) is 0. The summed E-state index contributed by atoms with van der Waals surface area (Å²) >= 11 is 0. The van der Waals surface area contributed by atoms with E-state index >= 15 is 0 Å². The van der Waals surface area contributed by atoms with Gasteiger partial charge in [-0.25, -0.2) is 0 Å². The van der Waals surface area contributed by atoms with Crippen LogP contribution in [0.1, 0.15) is 18.4 Å². The Kier molecular flexibility index (Phi) is 5.10. The maximum absolute atomic E-state index is 4.62. The predicted molar refractivity (Wildman–Crippen MR) is 127 cm³/mol. The molecule has 1 aliphatic carbocycles. The van der Waals surface area contributed by atoms with Crippen molar-refractivity contribution in [2.24, 2.45) is 0 Å². The molecule has 0 N–H and O–H groups in total. The van der Waals surface area contributed by atoms with Gasteiger partial charge in [0, 0.05) is 11.8 Å². The molecular weight excluding hydrogens is 362 g/mol. The van der Waals surface area contributed by atoms with Crippen LogP contribution in [0, 0.1) is 0 Å². The van der Waals surface area contributed by atoms with Crippen molar-refractivity contribution in [1.82, 2.24) is 4.98 Å². The van der Waals surface area contributed by atoms with Crippen LogP contribution in [0.25, 0.3) is 39.1 Å². The molecule has 0 unspecified atom stereocenters. The molecule has 1 aromatic heterocycles. The van der Waals surface area contributed by atoms with Crippen LogP contribution >= 0.6 is 0 Å². The average molecular weight is 386 g/mol. The predicted octanol–water partition coefficient (Wildman–Crippen LogP) is 7.82. The first-order chi connectivity index (χ1) is 14.9. The van der Waals surface area contributed by atoms with E-state index in [-0.39, 0.29) is 0 Å². The van der Waals surface area contributed by atoms with E-state index in [1.165, 1.54) is 33.4 Å². The third-order valence-electron chi connectivity index (χ3n) is 5.65. The fourth-order valence-corrected chi connectivity index (χ4v) is 3.95. The summed E-state index contributed by atoms with van der Waals surface area (Å²) in [6, 6.07) is 32.3. The SMILES string of the molecule is C1=CCCC(c2ccc(-c3cc(-c4ccc(-c5ccccc5)cc4)ccn3)cc2)=C1. The quantitative estimate of drug-likeness (QED) is 0.349. The van der Waals surface area contributed by atoms with Gasteiger partial charge in [0.05, 0.1) is 5.69 Å². The van der Waals surface area contributed by atoms with Gasteiger partial charge >= 0.3 is 0 Å². The number of pyridine rings is 1. The third-order valence-corrected chi connectivity index (χ3v) is 5.65. The van der Waals surface area contributed by atoms with Crippen LogP contribution in [-0.4, -0.2) is 4.98 Å². The fourth-order valence-electron chi connectivity index (χ4n) is 3.95. The van der Waals surface area contributed by atoms with Gasteiger partial charge in [0.1, 0.15) is 0 Å². The molecule has 0 amide bonds. The number of hydrogen-bond donors (Lipinski definition) is 0. The zero-order valence-corrected chi connectivity index (χ0v) is 16.8. The number of aromatic nitrogens is 1. The topological polar surface area (TPSA) is 12.9 Å². The Hall–Kier alpha value is -3.71. The fraction of sp³-hybridized carbons (Fsp3) is 0.0690. The summed E-state index contributed by atoms with van der Waals surface area (Å²) in [7, 11) is 0. The summed E-state index contributed by atoms with van der Waals surface area (Å²) in [6.45, 7) is 0. The summed E-state index contributed by atoms with van der Waals surface area (Å²) in [4.78, 5) is 4.62. The first kappa shape index (κ1) is 18.3. The molecule has 1 heteroatoms. The van der Waals surface area contributed by atoms with Crippen LogP contribution in [0.4, 0.5) is 0 Å². The minimum Gasteiger partial charge on any atom is -0.256 e. The van der Waals surface area contributed by atoms with Crippen LogP contribution in [0.5, 0.6) is 0 Å². The second kappa shape index (κ2) is 8.34. The molecule has 5 rings (SSSR count). The molecule has 1 aliphatic rings. The van der Waals surface area contributed by atoms with E-state index in [1.807, 2.05) is 12.3 Å². The summed E-state index contributed by atoms with van der Waals surface area (Å²) < 4.78 is 0. The van der Waals surface area contributed by atoms with Crippen molar-refractivity contribution in [3.63, 3.8) is 0 Å². The number of rotatable bonds is 4. The van der Waals surface area contributed by atoms with Crippen molar-refractivity contribution in [2.45, 2.75) is 12.8 Å². The lowest BCUT2D eigenvalue weighted by Crippen LogP contribution is -1.89. The molecule has 3 aromatic carbocycles. The standard InChI is InChI=1S/C29H23N/c1-3-7-22(8-4-1)24-11-13-26(14-12-24)28-19-20-30-29(21-28)27-17-15-25(16-18-27)23-9-5-2-6-10-23/h1-5,7-9,11-21H,6,10H2. The normalized spacial score (nSPS) is 13.1. The molecule has 1 heterocycles. The number of benzene rings is 3. The van der Waals surface area contributed by atoms with Gasteiger partial charge in [0.15, 0.2) is 0 Å². The Bertz CT molecular complexity index is 1200. The van der Waals surface area contributed by atoms with E-state index < -0.39 is 0 Å². The largest absolute Gasteiger partial charge is 0.256 e. The Labute approximate surface area is 178 Å². The van der Waals surface area contributed by atoms with E-state index in [0.717, 1.165) is 24.1 Å². The molecule has 0 spiro atoms. The summed E-state index contributed by atoms with van der Waals surface area (Å²) in [5.74, 6) is 0. The minimum absolute atomic E-state index is 1.00. The highest BCUT2D eigenvalue weighted by Gasteiger charge is 2.07. The van der Waals surface area contributed by atoms with Crippen molar-refractivity contribution < 1.29 is 0 Å². The van der Waals surface area contributed by atoms with Gasteiger partial charge in [0.25, 0.3) is 0 Å². The molecule has 4 aromatic rings. The molecule has 1 nitrogen and oxygen atoms in total. The Morgan fingerprint density at radius 2 is 1.20 bits per heavy atom. The third kappa shape index (κ3) is 3.88. The zero-order chi connectivity index (χ0) is 20.2. The van der Waals surface area contributed by atoms with E-state index in [4.69, 9.17) is 0 Å². The van der Waals surface area contributed by atoms with Gasteiger partial charge in [-0.2, -0.15) is 0 Å². The smallest absolute Gasteiger partial charge is 0.0708 e. The van der Waals surface area contributed by atoms with Crippen molar-refractivity contribution >= 4 is 5.57 Å². The number of nitrogens with zero attached hydrogens (tertiary/aromatic N) is 1. The van der Waals surface area contributed by atoms with Crippen LogP contribution in [-0.2, 0) is 0 Å². The van der Waals surface area contributed by atoms with Gasteiger partial charge < -0.3 is 0 Å². The Morgan fingerprint density at radius 3 is 1.90 bits per heavy atom. The lowest BCUT2D eigenvalue weighted by Gasteiger charge is -2.10. The van der Waals surface area contributed by atoms with Gasteiger partial charge in [-0.1, -0.05) is 97.1 Å². The number of hydrogen-bond acceptors (Lipinski definition) is 1. The Balaban J connectivity index is 1.40. The van der Waals surface area contributed by atoms with Gasteiger partial charge in [0.2, 0.25) is 0 Å². The van der Waals surface area contributed by atoms with Crippen molar-refractivity contribution in [2.75, 3.05) is 0 Å². The lowest BCUT2D eigenvalue weighted by atomic mass is 9.95. The van der Waals surface area contributed by atoms with E-state index in [9.17, 15) is 0 Å². The first-order valence-electron chi connectivity index (χ1n) is 10.5. The molecular formula is C29H23N. The van der Waals surface area contributed by atoms with E-state index in [0.29, 0.717) is 0 Å². The average Bonchev–Trinajstić information content (AvgIpc) is 2.85. The second-order valence-electron chi connectivity index (χ2n) is 7.61. The molecule has 0 bridgehead atoms. The molecule has 30 heavy (non-hydrogen) atoms. The summed E-state index contributed by atoms with van der Waals surface area (Å²) in [5.41, 5.74) is 9.72. The van der Waals surface area contributed by atoms with Crippen molar-refractivity contribution in [1.29, 1.82) is 0 Å². The first-order valence-corrected chi connectivity index (χ1v) is 10.5. The molecule has 0 fully saturated rings. The van der Waals surface area contributed by atoms with E-state index in [2.05, 4.69) is 108 Å². The van der Waals surface area contributed by atoms with Crippen LogP contribution in [0.15, 0.2) is 115 Å². The van der Waals surface area contributed by atoms with Gasteiger partial charge in [-0.3, -0.25) is 4.98 Å². The highest BCUT2D eigenvalue weighted by atomic mass is 14.7. The van der Waals surface area contributed by atoms with Gasteiger partial charge in [-0.15, -0.1) is 0 Å². The molecule has 0 atom stereocenters. The summed E-state index contributed by atoms with van der Waals surface area (Å²) in [6.07, 6.45) is 10.7. The number of allylic oxidation sites excluding steroid dienone is 4. The lowest BCUT2D eigenvalue weighted by molar-refractivity contribution is 1.05. The molecule has 144 valence electrons. The molecule has 0 radical (unpaired) electrons.